The van der Waals surface area contributed by atoms with E-state index >= 15 is 0 Å². The number of hydrogen-bond donors (Lipinski definition) is 1. The van der Waals surface area contributed by atoms with E-state index in [1.54, 1.807) is 24.3 Å². The number of nitrogens with one attached hydrogen (secondary N) is 1. The highest BCUT2D eigenvalue weighted by Crippen LogP contribution is 2.45. The van der Waals surface area contributed by atoms with Crippen LogP contribution in [0.1, 0.15) is 42.1 Å². The number of hydrogen-bond acceptors (Lipinski definition) is 6. The third-order valence-electron chi connectivity index (χ3n) is 8.02. The van der Waals surface area contributed by atoms with E-state index in [1.807, 2.05) is 11.9 Å². The Hall–Kier alpha value is -4.96. The minimum absolute atomic E-state index is 0.00708. The molecule has 3 aromatic rings. The first-order valence-corrected chi connectivity index (χ1v) is 13.7. The van der Waals surface area contributed by atoms with E-state index in [9.17, 15) is 36.4 Å². The number of carbonyl (C=O) groups is 1. The molecule has 0 radical (unpaired) electrons. The maximum atomic E-state index is 14.2. The van der Waals surface area contributed by atoms with Crippen LogP contribution in [0.5, 0.6) is 0 Å². The first-order chi connectivity index (χ1) is 21.2. The standard InChI is InChI=1S/C32H26F6N6O/c1-4-24-28(29(45)43(44-13-7-12-30(24,44)3)17-21-9-6-5-8-20(21)16-39)19(2)42-25-11-10-22(31(33,34)35)14-23(25)26-15-27(32(36,37)38)41-18-40-26/h4-6,8-11,14-15,18,42H,1-2,7,12-13,17H2,3H3. The summed E-state index contributed by atoms with van der Waals surface area (Å²) >= 11 is 0. The van der Waals surface area contributed by atoms with E-state index in [2.05, 4.69) is 34.5 Å². The smallest absolute Gasteiger partial charge is 0.355 e. The van der Waals surface area contributed by atoms with Gasteiger partial charge < -0.3 is 5.32 Å². The lowest BCUT2D eigenvalue weighted by molar-refractivity contribution is -0.155. The molecule has 232 valence electrons. The van der Waals surface area contributed by atoms with Gasteiger partial charge in [0.1, 0.15) is 12.0 Å². The van der Waals surface area contributed by atoms with E-state index in [1.165, 1.54) is 11.1 Å². The van der Waals surface area contributed by atoms with Gasteiger partial charge >= 0.3 is 12.4 Å². The predicted molar refractivity (Wildman–Crippen MR) is 154 cm³/mol. The molecule has 1 amide bonds. The molecular weight excluding hydrogens is 598 g/mol. The fourth-order valence-electron chi connectivity index (χ4n) is 5.86. The minimum Gasteiger partial charge on any atom is -0.355 e. The number of nitriles is 1. The normalized spacial score (nSPS) is 18.9. The maximum Gasteiger partial charge on any atom is 0.433 e. The van der Waals surface area contributed by atoms with Gasteiger partial charge in [-0.1, -0.05) is 37.4 Å². The topological polar surface area (TPSA) is 85.1 Å². The summed E-state index contributed by atoms with van der Waals surface area (Å²) in [5.74, 6) is -0.496. The summed E-state index contributed by atoms with van der Waals surface area (Å²) in [7, 11) is 0. The number of nitrogens with zero attached hydrogens (tertiary/aromatic N) is 5. The van der Waals surface area contributed by atoms with E-state index in [0.29, 0.717) is 48.1 Å². The largest absolute Gasteiger partial charge is 0.433 e. The van der Waals surface area contributed by atoms with E-state index in [0.717, 1.165) is 18.6 Å². The molecule has 1 fully saturated rings. The van der Waals surface area contributed by atoms with Crippen LogP contribution in [-0.2, 0) is 23.7 Å². The molecule has 1 saturated heterocycles. The monoisotopic (exact) mass is 624 g/mol. The van der Waals surface area contributed by atoms with Crippen molar-refractivity contribution in [2.75, 3.05) is 11.9 Å². The number of anilines is 1. The van der Waals surface area contributed by atoms with Crippen molar-refractivity contribution in [1.29, 1.82) is 5.26 Å². The summed E-state index contributed by atoms with van der Waals surface area (Å²) in [5, 5.41) is 16.0. The number of hydrazine groups is 1. The van der Waals surface area contributed by atoms with Crippen LogP contribution in [0.25, 0.3) is 11.3 Å². The molecule has 2 aliphatic heterocycles. The molecule has 5 rings (SSSR count). The van der Waals surface area contributed by atoms with E-state index in [4.69, 9.17) is 0 Å². The summed E-state index contributed by atoms with van der Waals surface area (Å²) in [6.45, 7) is 10.5. The van der Waals surface area contributed by atoms with Gasteiger partial charge in [0.2, 0.25) is 0 Å². The molecular formula is C32H26F6N6O. The highest BCUT2D eigenvalue weighted by Gasteiger charge is 2.50. The molecule has 45 heavy (non-hydrogen) atoms. The summed E-state index contributed by atoms with van der Waals surface area (Å²) < 4.78 is 81.4. The molecule has 2 aromatic carbocycles. The molecule has 0 aliphatic carbocycles. The zero-order valence-electron chi connectivity index (χ0n) is 23.9. The Morgan fingerprint density at radius 1 is 1.11 bits per heavy atom. The number of halogens is 6. The number of amides is 1. The zero-order valence-corrected chi connectivity index (χ0v) is 23.9. The summed E-state index contributed by atoms with van der Waals surface area (Å²) in [6, 6.07) is 12.0. The Bertz CT molecular complexity index is 1770. The van der Waals surface area contributed by atoms with Gasteiger partial charge in [-0.15, -0.1) is 0 Å². The van der Waals surface area contributed by atoms with Crippen LogP contribution in [-0.4, -0.2) is 38.0 Å². The highest BCUT2D eigenvalue weighted by molar-refractivity contribution is 6.01. The van der Waals surface area contributed by atoms with Gasteiger partial charge in [0, 0.05) is 23.5 Å². The first kappa shape index (κ1) is 31.5. The Labute approximate surface area is 254 Å². The van der Waals surface area contributed by atoms with Crippen LogP contribution >= 0.6 is 0 Å². The lowest BCUT2D eigenvalue weighted by Gasteiger charge is -2.48. The summed E-state index contributed by atoms with van der Waals surface area (Å²) in [5.41, 5.74) is -2.34. The van der Waals surface area contributed by atoms with Crippen LogP contribution in [0.15, 0.2) is 90.9 Å². The molecule has 1 N–H and O–H groups in total. The van der Waals surface area contributed by atoms with E-state index in [-0.39, 0.29) is 29.1 Å². The van der Waals surface area contributed by atoms with Crippen molar-refractivity contribution in [2.45, 2.75) is 44.2 Å². The Morgan fingerprint density at radius 3 is 2.51 bits per heavy atom. The lowest BCUT2D eigenvalue weighted by atomic mass is 9.83. The fraction of sp³-hybridized carbons (Fsp3) is 0.250. The number of carbonyl (C=O) groups excluding carboxylic acids is 1. The van der Waals surface area contributed by atoms with Crippen LogP contribution in [0.4, 0.5) is 32.0 Å². The summed E-state index contributed by atoms with van der Waals surface area (Å²) in [4.78, 5) is 21.2. The Balaban J connectivity index is 1.60. The van der Waals surface area contributed by atoms with Gasteiger partial charge in [-0.25, -0.2) is 15.0 Å². The van der Waals surface area contributed by atoms with Crippen molar-refractivity contribution in [1.82, 2.24) is 20.0 Å². The van der Waals surface area contributed by atoms with Crippen molar-refractivity contribution < 1.29 is 31.1 Å². The first-order valence-electron chi connectivity index (χ1n) is 13.7. The Kier molecular flexibility index (Phi) is 8.05. The van der Waals surface area contributed by atoms with Gasteiger partial charge in [0.25, 0.3) is 5.91 Å². The molecule has 13 heteroatoms. The van der Waals surface area contributed by atoms with Gasteiger partial charge in [0.15, 0.2) is 0 Å². The van der Waals surface area contributed by atoms with Crippen LogP contribution in [0.2, 0.25) is 0 Å². The molecule has 0 spiro atoms. The van der Waals surface area contributed by atoms with Gasteiger partial charge in [-0.05, 0) is 61.2 Å². The molecule has 1 unspecified atom stereocenters. The third kappa shape index (κ3) is 5.81. The number of alkyl halides is 6. The average molecular weight is 625 g/mol. The van der Waals surface area contributed by atoms with Crippen molar-refractivity contribution in [3.63, 3.8) is 0 Å². The second-order valence-corrected chi connectivity index (χ2v) is 10.8. The van der Waals surface area contributed by atoms with E-state index < -0.39 is 40.8 Å². The fourth-order valence-corrected chi connectivity index (χ4v) is 5.86. The quantitative estimate of drug-likeness (QED) is 0.279. The van der Waals surface area contributed by atoms with Crippen molar-refractivity contribution >= 4 is 11.6 Å². The third-order valence-corrected chi connectivity index (χ3v) is 8.02. The predicted octanol–water partition coefficient (Wildman–Crippen LogP) is 7.27. The zero-order chi connectivity index (χ0) is 32.7. The van der Waals surface area contributed by atoms with Crippen LogP contribution in [0.3, 0.4) is 0 Å². The average Bonchev–Trinajstić information content (AvgIpc) is 3.39. The van der Waals surface area contributed by atoms with Gasteiger partial charge in [-0.2, -0.15) is 31.6 Å². The van der Waals surface area contributed by atoms with Crippen molar-refractivity contribution in [3.05, 3.63) is 113 Å². The summed E-state index contributed by atoms with van der Waals surface area (Å²) in [6.07, 6.45) is -6.14. The molecule has 0 bridgehead atoms. The minimum atomic E-state index is -4.87. The van der Waals surface area contributed by atoms with Gasteiger partial charge in [0.05, 0.1) is 40.5 Å². The maximum absolute atomic E-state index is 14.2. The molecule has 3 heterocycles. The second kappa shape index (κ2) is 11.5. The van der Waals surface area contributed by atoms with Crippen molar-refractivity contribution in [2.24, 2.45) is 0 Å². The van der Waals surface area contributed by atoms with Crippen LogP contribution < -0.4 is 5.32 Å². The lowest BCUT2D eigenvalue weighted by Crippen LogP contribution is -2.59. The van der Waals surface area contributed by atoms with Gasteiger partial charge in [-0.3, -0.25) is 9.80 Å². The molecule has 1 atom stereocenters. The number of fused-ring (bicyclic) bond motifs is 1. The molecule has 7 nitrogen and oxygen atoms in total. The van der Waals surface area contributed by atoms with Crippen molar-refractivity contribution in [3.8, 4) is 17.3 Å². The Morgan fingerprint density at radius 2 is 1.84 bits per heavy atom. The molecule has 2 aliphatic rings. The number of aromatic nitrogens is 2. The molecule has 0 saturated carbocycles. The number of benzene rings is 2. The SMILES string of the molecule is C=CC1=C(C(=C)Nc2ccc(C(F)(F)F)cc2-c2cc(C(F)(F)F)ncn2)C(=O)N(Cc2ccccc2C#N)N2CCCC12C. The second-order valence-electron chi connectivity index (χ2n) is 10.8. The number of rotatable bonds is 7. The van der Waals surface area contributed by atoms with Crippen LogP contribution in [0, 0.1) is 11.3 Å². The molecule has 1 aromatic heterocycles. The highest BCUT2D eigenvalue weighted by atomic mass is 19.4.